The summed E-state index contributed by atoms with van der Waals surface area (Å²) in [5.41, 5.74) is 1.01. The van der Waals surface area contributed by atoms with Crippen LogP contribution in [0.4, 0.5) is 0 Å². The summed E-state index contributed by atoms with van der Waals surface area (Å²) in [4.78, 5) is 23.0. The van der Waals surface area contributed by atoms with E-state index in [-0.39, 0.29) is 18.8 Å². The van der Waals surface area contributed by atoms with Gasteiger partial charge in [0.05, 0.1) is 6.61 Å². The molecule has 4 heteroatoms. The highest BCUT2D eigenvalue weighted by Gasteiger charge is 2.29. The van der Waals surface area contributed by atoms with Crippen LogP contribution in [0.3, 0.4) is 0 Å². The second-order valence-corrected chi connectivity index (χ2v) is 3.87. The van der Waals surface area contributed by atoms with Crippen LogP contribution in [0.15, 0.2) is 24.3 Å². The molecule has 1 unspecified atom stereocenters. The Labute approximate surface area is 99.5 Å². The molecule has 0 N–H and O–H groups in total. The minimum Gasteiger partial charge on any atom is -0.482 e. The van der Waals surface area contributed by atoms with Crippen molar-refractivity contribution < 1.29 is 19.1 Å². The molecule has 1 aliphatic heterocycles. The third-order valence-corrected chi connectivity index (χ3v) is 2.63. The number of para-hydroxylation sites is 1. The van der Waals surface area contributed by atoms with Gasteiger partial charge in [0.1, 0.15) is 12.2 Å². The van der Waals surface area contributed by atoms with E-state index in [9.17, 15) is 9.59 Å². The van der Waals surface area contributed by atoms with Crippen LogP contribution in [0.5, 0.6) is 5.75 Å². The van der Waals surface area contributed by atoms with Crippen LogP contribution in [-0.2, 0) is 20.7 Å². The quantitative estimate of drug-likeness (QED) is 0.585. The number of benzene rings is 1. The molecule has 0 bridgehead atoms. The van der Waals surface area contributed by atoms with Crippen molar-refractivity contribution in [2.24, 2.45) is 0 Å². The Morgan fingerprint density at radius 1 is 1.41 bits per heavy atom. The zero-order chi connectivity index (χ0) is 12.3. The number of Topliss-reactive ketones (excluding diaryl/α,β-unsaturated/α-hetero) is 1. The maximum atomic E-state index is 11.8. The lowest BCUT2D eigenvalue weighted by atomic mass is 10.1. The van der Waals surface area contributed by atoms with Crippen LogP contribution >= 0.6 is 0 Å². The highest BCUT2D eigenvalue weighted by atomic mass is 16.5. The Hall–Kier alpha value is -1.84. The third kappa shape index (κ3) is 2.64. The van der Waals surface area contributed by atoms with E-state index in [0.717, 1.165) is 11.3 Å². The Balaban J connectivity index is 1.94. The number of fused-ring (bicyclic) bond motifs is 1. The van der Waals surface area contributed by atoms with Gasteiger partial charge in [0.2, 0.25) is 0 Å². The molecule has 1 aliphatic rings. The van der Waals surface area contributed by atoms with Gasteiger partial charge in [-0.25, -0.2) is 0 Å². The fraction of sp³-hybridized carbons (Fsp3) is 0.385. The Bertz CT molecular complexity index is 414. The first-order valence-corrected chi connectivity index (χ1v) is 5.63. The number of carbonyl (C=O) groups excluding carboxylic acids is 2. The second kappa shape index (κ2) is 4.99. The average molecular weight is 234 g/mol. The van der Waals surface area contributed by atoms with Crippen molar-refractivity contribution in [3.8, 4) is 5.75 Å². The fourth-order valence-electron chi connectivity index (χ4n) is 1.83. The monoisotopic (exact) mass is 234 g/mol. The largest absolute Gasteiger partial charge is 0.482 e. The molecule has 0 saturated heterocycles. The third-order valence-electron chi connectivity index (χ3n) is 2.63. The van der Waals surface area contributed by atoms with Crippen molar-refractivity contribution in [1.29, 1.82) is 0 Å². The van der Waals surface area contributed by atoms with Crippen molar-refractivity contribution in [2.75, 3.05) is 6.61 Å². The number of ketones is 1. The predicted molar refractivity (Wildman–Crippen MR) is 60.8 cm³/mol. The highest BCUT2D eigenvalue weighted by molar-refractivity contribution is 5.98. The Morgan fingerprint density at radius 3 is 2.88 bits per heavy atom. The molecule has 0 aliphatic carbocycles. The lowest BCUT2D eigenvalue weighted by molar-refractivity contribution is -0.146. The van der Waals surface area contributed by atoms with Crippen LogP contribution < -0.4 is 4.74 Å². The summed E-state index contributed by atoms with van der Waals surface area (Å²) < 4.78 is 10.2. The maximum absolute atomic E-state index is 11.8. The van der Waals surface area contributed by atoms with Gasteiger partial charge in [-0.05, 0) is 18.6 Å². The van der Waals surface area contributed by atoms with E-state index in [0.29, 0.717) is 6.42 Å². The number of esters is 1. The van der Waals surface area contributed by atoms with Crippen molar-refractivity contribution in [3.05, 3.63) is 29.8 Å². The molecule has 0 aromatic heterocycles. The van der Waals surface area contributed by atoms with E-state index in [1.165, 1.54) is 0 Å². The number of ether oxygens (including phenoxy) is 2. The average Bonchev–Trinajstić information content (AvgIpc) is 2.72. The maximum Gasteiger partial charge on any atom is 0.313 e. The fourth-order valence-corrected chi connectivity index (χ4v) is 1.83. The molecule has 17 heavy (non-hydrogen) atoms. The molecule has 1 aromatic rings. The van der Waals surface area contributed by atoms with Crippen LogP contribution in [-0.4, -0.2) is 24.5 Å². The van der Waals surface area contributed by atoms with Gasteiger partial charge in [-0.15, -0.1) is 0 Å². The van der Waals surface area contributed by atoms with Crippen LogP contribution in [0, 0.1) is 0 Å². The minimum absolute atomic E-state index is 0.216. The van der Waals surface area contributed by atoms with Gasteiger partial charge in [0.15, 0.2) is 11.9 Å². The van der Waals surface area contributed by atoms with Crippen LogP contribution in [0.25, 0.3) is 0 Å². The molecular weight excluding hydrogens is 220 g/mol. The molecular formula is C13H14O4. The number of hydrogen-bond acceptors (Lipinski definition) is 4. The van der Waals surface area contributed by atoms with E-state index in [4.69, 9.17) is 9.47 Å². The van der Waals surface area contributed by atoms with Crippen molar-refractivity contribution in [2.45, 2.75) is 25.9 Å². The predicted octanol–water partition coefficient (Wildman–Crippen LogP) is 1.51. The summed E-state index contributed by atoms with van der Waals surface area (Å²) in [5.74, 6) is 0.0198. The van der Waals surface area contributed by atoms with E-state index < -0.39 is 12.1 Å². The molecule has 0 amide bonds. The van der Waals surface area contributed by atoms with Gasteiger partial charge in [-0.3, -0.25) is 9.59 Å². The van der Waals surface area contributed by atoms with Crippen LogP contribution in [0.2, 0.25) is 0 Å². The van der Waals surface area contributed by atoms with Gasteiger partial charge >= 0.3 is 5.97 Å². The van der Waals surface area contributed by atoms with Gasteiger partial charge in [-0.1, -0.05) is 18.2 Å². The van der Waals surface area contributed by atoms with Crippen molar-refractivity contribution in [1.82, 2.24) is 0 Å². The summed E-state index contributed by atoms with van der Waals surface area (Å²) in [5, 5.41) is 0. The zero-order valence-electron chi connectivity index (χ0n) is 9.64. The van der Waals surface area contributed by atoms with Gasteiger partial charge in [-0.2, -0.15) is 0 Å². The Kier molecular flexibility index (Phi) is 3.42. The molecule has 1 atom stereocenters. The normalized spacial score (nSPS) is 17.1. The molecule has 0 radical (unpaired) electrons. The molecule has 1 aromatic carbocycles. The summed E-state index contributed by atoms with van der Waals surface area (Å²) >= 11 is 0. The van der Waals surface area contributed by atoms with Gasteiger partial charge in [0.25, 0.3) is 0 Å². The summed E-state index contributed by atoms with van der Waals surface area (Å²) in [6.45, 7) is 2.00. The molecule has 90 valence electrons. The zero-order valence-corrected chi connectivity index (χ0v) is 9.64. The second-order valence-electron chi connectivity index (χ2n) is 3.87. The first kappa shape index (κ1) is 11.6. The smallest absolute Gasteiger partial charge is 0.313 e. The van der Waals surface area contributed by atoms with Crippen molar-refractivity contribution in [3.63, 3.8) is 0 Å². The summed E-state index contributed by atoms with van der Waals surface area (Å²) in [7, 11) is 0. The lowest BCUT2D eigenvalue weighted by Crippen LogP contribution is -2.28. The summed E-state index contributed by atoms with van der Waals surface area (Å²) in [6.07, 6.45) is -0.224. The first-order valence-electron chi connectivity index (χ1n) is 5.63. The molecule has 0 saturated carbocycles. The Morgan fingerprint density at radius 2 is 2.18 bits per heavy atom. The number of carbonyl (C=O) groups is 2. The molecule has 0 fully saturated rings. The van der Waals surface area contributed by atoms with Crippen molar-refractivity contribution >= 4 is 11.8 Å². The highest BCUT2D eigenvalue weighted by Crippen LogP contribution is 2.28. The summed E-state index contributed by atoms with van der Waals surface area (Å²) in [6, 6.07) is 7.51. The molecule has 0 spiro atoms. The van der Waals surface area contributed by atoms with E-state index in [1.54, 1.807) is 6.92 Å². The molecule has 4 nitrogen and oxygen atoms in total. The SMILES string of the molecule is CCOC(=O)CC(=O)C1Cc2ccccc2O1. The number of rotatable bonds is 4. The van der Waals surface area contributed by atoms with Gasteiger partial charge in [0, 0.05) is 6.42 Å². The van der Waals surface area contributed by atoms with E-state index in [2.05, 4.69) is 0 Å². The number of hydrogen-bond donors (Lipinski definition) is 0. The van der Waals surface area contributed by atoms with Gasteiger partial charge < -0.3 is 9.47 Å². The van der Waals surface area contributed by atoms with E-state index in [1.807, 2.05) is 24.3 Å². The molecule has 2 rings (SSSR count). The lowest BCUT2D eigenvalue weighted by Gasteiger charge is -2.08. The topological polar surface area (TPSA) is 52.6 Å². The van der Waals surface area contributed by atoms with E-state index >= 15 is 0 Å². The first-order chi connectivity index (χ1) is 8.20. The minimum atomic E-state index is -0.545. The van der Waals surface area contributed by atoms with Crippen LogP contribution in [0.1, 0.15) is 18.9 Å². The molecule has 1 heterocycles. The standard InChI is InChI=1S/C13H14O4/c1-2-16-13(15)8-10(14)12-7-9-5-3-4-6-11(9)17-12/h3-6,12H,2,7-8H2,1H3.